The molecule has 2 saturated heterocycles. The van der Waals surface area contributed by atoms with E-state index in [1.54, 1.807) is 6.26 Å². The van der Waals surface area contributed by atoms with E-state index in [9.17, 15) is 5.26 Å². The van der Waals surface area contributed by atoms with Crippen molar-refractivity contribution < 1.29 is 9.57 Å². The van der Waals surface area contributed by atoms with Crippen molar-refractivity contribution in [3.05, 3.63) is 47.7 Å². The van der Waals surface area contributed by atoms with Crippen LogP contribution in [0.3, 0.4) is 0 Å². The summed E-state index contributed by atoms with van der Waals surface area (Å²) in [6, 6.07) is 10.2. The third-order valence-electron chi connectivity index (χ3n) is 5.16. The van der Waals surface area contributed by atoms with Gasteiger partial charge in [-0.1, -0.05) is 31.9 Å². The fourth-order valence-electron chi connectivity index (χ4n) is 4.09. The minimum Gasteiger partial charge on any atom is -0.480 e. The second kappa shape index (κ2) is 5.12. The molecule has 0 saturated carbocycles. The SMILES string of the molecule is CCCC[C@H]1C[C@@]2(c3cccc(C#N)c3)[C@@H]3C=CO[C@@H]3N2O1. The molecule has 4 rings (SSSR count). The third kappa shape index (κ3) is 1.76. The predicted octanol–water partition coefficient (Wildman–Crippen LogP) is 3.45. The van der Waals surface area contributed by atoms with E-state index in [0.29, 0.717) is 11.5 Å². The van der Waals surface area contributed by atoms with Crippen LogP contribution >= 0.6 is 0 Å². The van der Waals surface area contributed by atoms with Gasteiger partial charge in [0, 0.05) is 6.42 Å². The molecule has 4 heteroatoms. The lowest BCUT2D eigenvalue weighted by Gasteiger charge is -2.54. The van der Waals surface area contributed by atoms with Crippen LogP contribution in [0.1, 0.15) is 43.7 Å². The fraction of sp³-hybridized carbons (Fsp3) is 0.500. The van der Waals surface area contributed by atoms with E-state index in [0.717, 1.165) is 12.8 Å². The van der Waals surface area contributed by atoms with Gasteiger partial charge in [0.05, 0.1) is 35.5 Å². The number of nitriles is 1. The lowest BCUT2D eigenvalue weighted by Crippen LogP contribution is -2.65. The van der Waals surface area contributed by atoms with Crippen molar-refractivity contribution >= 4 is 0 Å². The topological polar surface area (TPSA) is 45.5 Å². The number of ether oxygens (including phenoxy) is 1. The molecule has 0 spiro atoms. The van der Waals surface area contributed by atoms with E-state index in [-0.39, 0.29) is 17.9 Å². The van der Waals surface area contributed by atoms with Crippen molar-refractivity contribution in [3.8, 4) is 6.07 Å². The molecule has 0 aliphatic carbocycles. The Morgan fingerprint density at radius 1 is 1.45 bits per heavy atom. The van der Waals surface area contributed by atoms with Gasteiger partial charge in [0.15, 0.2) is 6.23 Å². The molecule has 3 aliphatic rings. The third-order valence-corrected chi connectivity index (χ3v) is 5.16. The summed E-state index contributed by atoms with van der Waals surface area (Å²) in [6.07, 6.45) is 8.58. The first-order valence-electron chi connectivity index (χ1n) is 8.08. The van der Waals surface area contributed by atoms with Crippen LogP contribution in [0.4, 0.5) is 0 Å². The summed E-state index contributed by atoms with van der Waals surface area (Å²) >= 11 is 0. The average molecular weight is 296 g/mol. The summed E-state index contributed by atoms with van der Waals surface area (Å²) in [7, 11) is 0. The Hall–Kier alpha value is -1.83. The van der Waals surface area contributed by atoms with Crippen molar-refractivity contribution in [3.63, 3.8) is 0 Å². The Morgan fingerprint density at radius 2 is 2.36 bits per heavy atom. The molecule has 0 unspecified atom stereocenters. The first-order valence-corrected chi connectivity index (χ1v) is 8.08. The van der Waals surface area contributed by atoms with Gasteiger partial charge in [0.1, 0.15) is 0 Å². The van der Waals surface area contributed by atoms with Gasteiger partial charge in [-0.2, -0.15) is 5.26 Å². The molecular formula is C18H20N2O2. The van der Waals surface area contributed by atoms with E-state index < -0.39 is 0 Å². The lowest BCUT2D eigenvalue weighted by molar-refractivity contribution is -0.344. The number of nitrogens with zero attached hydrogens (tertiary/aromatic N) is 2. The molecular weight excluding hydrogens is 276 g/mol. The molecule has 0 amide bonds. The van der Waals surface area contributed by atoms with Crippen molar-refractivity contribution in [2.24, 2.45) is 5.92 Å². The maximum Gasteiger partial charge on any atom is 0.182 e. The molecule has 1 aromatic rings. The second-order valence-corrected chi connectivity index (χ2v) is 6.40. The molecule has 0 aromatic heterocycles. The van der Waals surface area contributed by atoms with Gasteiger partial charge >= 0.3 is 0 Å². The number of unbranched alkanes of at least 4 members (excludes halogenated alkanes) is 1. The molecule has 4 nitrogen and oxygen atoms in total. The Morgan fingerprint density at radius 3 is 3.18 bits per heavy atom. The average Bonchev–Trinajstić information content (AvgIpc) is 3.12. The number of fused-ring (bicyclic) bond motifs is 4. The van der Waals surface area contributed by atoms with Gasteiger partial charge in [-0.25, -0.2) is 0 Å². The highest BCUT2D eigenvalue weighted by Gasteiger charge is 2.68. The summed E-state index contributed by atoms with van der Waals surface area (Å²) in [4.78, 5) is 6.19. The highest BCUT2D eigenvalue weighted by Crippen LogP contribution is 2.60. The summed E-state index contributed by atoms with van der Waals surface area (Å²) in [6.45, 7) is 2.20. The lowest BCUT2D eigenvalue weighted by atomic mass is 9.67. The van der Waals surface area contributed by atoms with Gasteiger partial charge in [-0.15, -0.1) is 5.06 Å². The number of rotatable bonds is 4. The zero-order valence-electron chi connectivity index (χ0n) is 12.7. The normalized spacial score (nSPS) is 35.4. The standard InChI is InChI=1S/C18H20N2O2/c1-2-3-7-15-11-18(14-6-4-5-13(10-14)12-19)16-8-9-21-17(16)20(18)22-15/h4-6,8-10,15-17H,2-3,7,11H2,1H3/t15-,16+,17-,18+/m0/s1. The first-order chi connectivity index (χ1) is 10.8. The summed E-state index contributed by atoms with van der Waals surface area (Å²) < 4.78 is 5.68. The molecule has 1 aromatic carbocycles. The molecule has 0 bridgehead atoms. The molecule has 4 atom stereocenters. The summed E-state index contributed by atoms with van der Waals surface area (Å²) in [5.41, 5.74) is 1.71. The monoisotopic (exact) mass is 296 g/mol. The van der Waals surface area contributed by atoms with E-state index >= 15 is 0 Å². The van der Waals surface area contributed by atoms with Gasteiger partial charge in [-0.05, 0) is 30.2 Å². The molecule has 3 heterocycles. The minimum absolute atomic E-state index is 0.00244. The van der Waals surface area contributed by atoms with Gasteiger partial charge in [0.2, 0.25) is 0 Å². The minimum atomic E-state index is -0.164. The number of hydrogen-bond donors (Lipinski definition) is 0. The summed E-state index contributed by atoms with van der Waals surface area (Å²) in [5, 5.41) is 11.2. The molecule has 0 N–H and O–H groups in total. The van der Waals surface area contributed by atoms with Gasteiger partial charge < -0.3 is 4.74 Å². The van der Waals surface area contributed by atoms with Crippen LogP contribution in [0.5, 0.6) is 0 Å². The molecule has 3 aliphatic heterocycles. The Kier molecular flexibility index (Phi) is 3.21. The highest BCUT2D eigenvalue weighted by atomic mass is 16.7. The zero-order chi connectivity index (χ0) is 15.2. The van der Waals surface area contributed by atoms with Gasteiger partial charge in [0.25, 0.3) is 0 Å². The Balaban J connectivity index is 1.69. The molecule has 2 fully saturated rings. The number of hydroxylamine groups is 2. The van der Waals surface area contributed by atoms with Crippen LogP contribution in [0.15, 0.2) is 36.6 Å². The highest BCUT2D eigenvalue weighted by molar-refractivity contribution is 5.40. The quantitative estimate of drug-likeness (QED) is 0.853. The van der Waals surface area contributed by atoms with Crippen LogP contribution in [0, 0.1) is 17.2 Å². The van der Waals surface area contributed by atoms with Crippen LogP contribution in [-0.2, 0) is 15.1 Å². The van der Waals surface area contributed by atoms with E-state index in [1.807, 2.05) is 23.3 Å². The fourth-order valence-corrected chi connectivity index (χ4v) is 4.09. The van der Waals surface area contributed by atoms with Crippen molar-refractivity contribution in [2.75, 3.05) is 0 Å². The molecule has 114 valence electrons. The number of hydrogen-bond acceptors (Lipinski definition) is 4. The predicted molar refractivity (Wildman–Crippen MR) is 81.2 cm³/mol. The van der Waals surface area contributed by atoms with E-state index in [4.69, 9.17) is 9.57 Å². The van der Waals surface area contributed by atoms with Crippen LogP contribution < -0.4 is 0 Å². The maximum absolute atomic E-state index is 9.19. The van der Waals surface area contributed by atoms with Crippen LogP contribution in [0.25, 0.3) is 0 Å². The largest absolute Gasteiger partial charge is 0.480 e. The first kappa shape index (κ1) is 13.8. The van der Waals surface area contributed by atoms with E-state index in [1.165, 1.54) is 18.4 Å². The van der Waals surface area contributed by atoms with Gasteiger partial charge in [-0.3, -0.25) is 4.84 Å². The van der Waals surface area contributed by atoms with Crippen molar-refractivity contribution in [1.29, 1.82) is 5.26 Å². The van der Waals surface area contributed by atoms with E-state index in [2.05, 4.69) is 25.1 Å². The second-order valence-electron chi connectivity index (χ2n) is 6.40. The van der Waals surface area contributed by atoms with Crippen molar-refractivity contribution in [1.82, 2.24) is 5.06 Å². The summed E-state index contributed by atoms with van der Waals surface area (Å²) in [5.74, 6) is 0.313. The van der Waals surface area contributed by atoms with Crippen molar-refractivity contribution in [2.45, 2.75) is 50.5 Å². The maximum atomic E-state index is 9.19. The number of benzene rings is 1. The zero-order valence-corrected chi connectivity index (χ0v) is 12.7. The Labute approximate surface area is 130 Å². The molecule has 22 heavy (non-hydrogen) atoms. The molecule has 0 radical (unpaired) electrons. The van der Waals surface area contributed by atoms with Crippen LogP contribution in [0.2, 0.25) is 0 Å². The smallest absolute Gasteiger partial charge is 0.182 e. The van der Waals surface area contributed by atoms with Crippen LogP contribution in [-0.4, -0.2) is 17.4 Å². The Bertz CT molecular complexity index is 651.